The van der Waals surface area contributed by atoms with Crippen LogP contribution in [0.25, 0.3) is 5.57 Å². The van der Waals surface area contributed by atoms with Gasteiger partial charge in [0.1, 0.15) is 5.76 Å². The van der Waals surface area contributed by atoms with Crippen LogP contribution in [-0.4, -0.2) is 18.2 Å². The number of hydrogen-bond acceptors (Lipinski definition) is 2. The summed E-state index contributed by atoms with van der Waals surface area (Å²) in [5.41, 5.74) is 5.80. The molecular weight excluding hydrogens is 240 g/mol. The first-order chi connectivity index (χ1) is 9.20. The van der Waals surface area contributed by atoms with Gasteiger partial charge in [-0.15, -0.1) is 0 Å². The molecule has 19 heavy (non-hydrogen) atoms. The van der Waals surface area contributed by atoms with Gasteiger partial charge in [-0.25, -0.2) is 0 Å². The molecule has 0 bridgehead atoms. The number of rotatable bonds is 3. The molecule has 0 fully saturated rings. The second-order valence-corrected chi connectivity index (χ2v) is 4.98. The van der Waals surface area contributed by atoms with Crippen LogP contribution in [0.3, 0.4) is 0 Å². The van der Waals surface area contributed by atoms with Crippen LogP contribution in [0.1, 0.15) is 29.5 Å². The summed E-state index contributed by atoms with van der Waals surface area (Å²) in [4.78, 5) is 11.0. The fourth-order valence-electron chi connectivity index (χ4n) is 3.09. The van der Waals surface area contributed by atoms with Gasteiger partial charge in [-0.2, -0.15) is 0 Å². The van der Waals surface area contributed by atoms with Gasteiger partial charge in [0.05, 0.1) is 13.5 Å². The predicted octanol–water partition coefficient (Wildman–Crippen LogP) is 2.95. The second kappa shape index (κ2) is 4.57. The Kier molecular flexibility index (Phi) is 2.90. The average Bonchev–Trinajstić information content (AvgIpc) is 2.41. The lowest BCUT2D eigenvalue weighted by molar-refractivity contribution is -0.136. The van der Waals surface area contributed by atoms with E-state index >= 15 is 0 Å². The summed E-state index contributed by atoms with van der Waals surface area (Å²) in [6.07, 6.45) is 4.74. The normalized spacial score (nSPS) is 16.8. The highest BCUT2D eigenvalue weighted by Gasteiger charge is 2.28. The average molecular weight is 256 g/mol. The van der Waals surface area contributed by atoms with Gasteiger partial charge in [0.25, 0.3) is 0 Å². The van der Waals surface area contributed by atoms with E-state index in [1.807, 2.05) is 0 Å². The number of carboxylic acid groups (broad SMARTS) is 1. The zero-order valence-corrected chi connectivity index (χ0v) is 10.9. The molecule has 0 atom stereocenters. The van der Waals surface area contributed by atoms with Crippen molar-refractivity contribution in [2.45, 2.75) is 25.7 Å². The molecule has 0 saturated carbocycles. The van der Waals surface area contributed by atoms with Crippen molar-refractivity contribution in [3.8, 4) is 0 Å². The lowest BCUT2D eigenvalue weighted by Gasteiger charge is -2.29. The smallest absolute Gasteiger partial charge is 0.307 e. The number of ether oxygens (including phenoxy) is 1. The number of allylic oxidation sites excluding steroid dienone is 2. The van der Waals surface area contributed by atoms with Gasteiger partial charge in [-0.3, -0.25) is 4.79 Å². The number of benzene rings is 1. The van der Waals surface area contributed by atoms with Crippen LogP contribution < -0.4 is 0 Å². The Morgan fingerprint density at radius 3 is 2.84 bits per heavy atom. The van der Waals surface area contributed by atoms with E-state index in [-0.39, 0.29) is 6.42 Å². The zero-order chi connectivity index (χ0) is 13.4. The fraction of sp³-hybridized carbons (Fsp3) is 0.312. The second-order valence-electron chi connectivity index (χ2n) is 4.98. The number of carboxylic acids is 1. The maximum absolute atomic E-state index is 11.0. The van der Waals surface area contributed by atoms with E-state index in [2.05, 4.69) is 24.3 Å². The molecule has 3 heteroatoms. The molecule has 98 valence electrons. The van der Waals surface area contributed by atoms with Gasteiger partial charge >= 0.3 is 5.97 Å². The third-order valence-electron chi connectivity index (χ3n) is 3.88. The molecule has 1 aromatic carbocycles. The highest BCUT2D eigenvalue weighted by Crippen LogP contribution is 2.42. The first kappa shape index (κ1) is 12.0. The van der Waals surface area contributed by atoms with E-state index in [4.69, 9.17) is 9.84 Å². The van der Waals surface area contributed by atoms with Crippen molar-refractivity contribution in [1.82, 2.24) is 0 Å². The van der Waals surface area contributed by atoms with Gasteiger partial charge in [-0.05, 0) is 47.6 Å². The highest BCUT2D eigenvalue weighted by atomic mass is 16.5. The lowest BCUT2D eigenvalue weighted by Crippen LogP contribution is -2.15. The van der Waals surface area contributed by atoms with Crippen LogP contribution in [0, 0.1) is 0 Å². The Hall–Kier alpha value is -2.03. The van der Waals surface area contributed by atoms with Crippen LogP contribution in [0.5, 0.6) is 0 Å². The molecule has 0 unspecified atom stereocenters. The minimum Gasteiger partial charge on any atom is -0.496 e. The Bertz CT molecular complexity index is 608. The number of aliphatic carboxylic acids is 1. The minimum atomic E-state index is -0.774. The van der Waals surface area contributed by atoms with Gasteiger partial charge in [0, 0.05) is 5.57 Å². The Labute approximate surface area is 112 Å². The van der Waals surface area contributed by atoms with Gasteiger partial charge in [0.2, 0.25) is 0 Å². The van der Waals surface area contributed by atoms with E-state index < -0.39 is 5.97 Å². The molecule has 1 aromatic rings. The fourth-order valence-corrected chi connectivity index (χ4v) is 3.09. The van der Waals surface area contributed by atoms with Crippen LogP contribution in [0.2, 0.25) is 0 Å². The first-order valence-electron chi connectivity index (χ1n) is 6.50. The zero-order valence-electron chi connectivity index (χ0n) is 10.9. The van der Waals surface area contributed by atoms with Crippen LogP contribution in [-0.2, 0) is 22.4 Å². The lowest BCUT2D eigenvalue weighted by atomic mass is 9.78. The number of hydrogen-bond donors (Lipinski definition) is 1. The summed E-state index contributed by atoms with van der Waals surface area (Å²) in [5, 5.41) is 9.08. The molecule has 0 radical (unpaired) electrons. The Morgan fingerprint density at radius 2 is 2.11 bits per heavy atom. The van der Waals surface area contributed by atoms with E-state index in [9.17, 15) is 4.79 Å². The van der Waals surface area contributed by atoms with Crippen molar-refractivity contribution in [2.75, 3.05) is 7.11 Å². The SMILES string of the molecule is COC1=CCc2cccc3c2C1=C(CC(=O)O)CC3. The molecule has 1 N–H and O–H groups in total. The highest BCUT2D eigenvalue weighted by molar-refractivity contribution is 5.88. The van der Waals surface area contributed by atoms with Crippen molar-refractivity contribution in [3.63, 3.8) is 0 Å². The van der Waals surface area contributed by atoms with Crippen molar-refractivity contribution in [2.24, 2.45) is 0 Å². The monoisotopic (exact) mass is 256 g/mol. The minimum absolute atomic E-state index is 0.101. The van der Waals surface area contributed by atoms with Gasteiger partial charge < -0.3 is 9.84 Å². The van der Waals surface area contributed by atoms with Crippen molar-refractivity contribution in [1.29, 1.82) is 0 Å². The van der Waals surface area contributed by atoms with Crippen molar-refractivity contribution < 1.29 is 14.6 Å². The molecule has 2 aliphatic carbocycles. The van der Waals surface area contributed by atoms with E-state index in [1.54, 1.807) is 7.11 Å². The van der Waals surface area contributed by atoms with Crippen LogP contribution in [0.15, 0.2) is 35.6 Å². The van der Waals surface area contributed by atoms with E-state index in [0.717, 1.165) is 36.2 Å². The largest absolute Gasteiger partial charge is 0.496 e. The topological polar surface area (TPSA) is 46.5 Å². The van der Waals surface area contributed by atoms with E-state index in [1.165, 1.54) is 16.7 Å². The van der Waals surface area contributed by atoms with Gasteiger partial charge in [-0.1, -0.05) is 18.2 Å². The van der Waals surface area contributed by atoms with Gasteiger partial charge in [0.15, 0.2) is 0 Å². The molecule has 0 aliphatic heterocycles. The molecule has 2 aliphatic rings. The summed E-state index contributed by atoms with van der Waals surface area (Å²) in [7, 11) is 1.65. The third kappa shape index (κ3) is 1.95. The molecule has 3 nitrogen and oxygen atoms in total. The summed E-state index contributed by atoms with van der Waals surface area (Å²) >= 11 is 0. The molecule has 0 spiro atoms. The standard InChI is InChI=1S/C16H16O3/c1-19-13-8-7-11-4-2-3-10-5-6-12(9-14(17)18)16(13)15(10)11/h2-4,8H,5-7,9H2,1H3,(H,17,18). The Balaban J connectivity index is 2.21. The molecule has 0 heterocycles. The summed E-state index contributed by atoms with van der Waals surface area (Å²) in [6.45, 7) is 0. The number of methoxy groups -OCH3 is 1. The maximum Gasteiger partial charge on any atom is 0.307 e. The van der Waals surface area contributed by atoms with E-state index in [0.29, 0.717) is 0 Å². The van der Waals surface area contributed by atoms with Crippen LogP contribution >= 0.6 is 0 Å². The molecular formula is C16H16O3. The summed E-state index contributed by atoms with van der Waals surface area (Å²) in [5.74, 6) is 0.0559. The first-order valence-corrected chi connectivity index (χ1v) is 6.50. The third-order valence-corrected chi connectivity index (χ3v) is 3.88. The molecule has 0 saturated heterocycles. The van der Waals surface area contributed by atoms with Crippen LogP contribution in [0.4, 0.5) is 0 Å². The molecule has 0 aromatic heterocycles. The number of carbonyl (C=O) groups is 1. The Morgan fingerprint density at radius 1 is 1.32 bits per heavy atom. The summed E-state index contributed by atoms with van der Waals surface area (Å²) in [6, 6.07) is 6.33. The summed E-state index contributed by atoms with van der Waals surface area (Å²) < 4.78 is 5.46. The van der Waals surface area contributed by atoms with Crippen molar-refractivity contribution >= 4 is 11.5 Å². The molecule has 0 amide bonds. The van der Waals surface area contributed by atoms with Crippen molar-refractivity contribution in [3.05, 3.63) is 52.3 Å². The predicted molar refractivity (Wildman–Crippen MR) is 72.7 cm³/mol. The molecule has 3 rings (SSSR count). The number of aryl methyl sites for hydroxylation is 1. The maximum atomic E-state index is 11.0. The quantitative estimate of drug-likeness (QED) is 0.904.